The van der Waals surface area contributed by atoms with E-state index in [1.165, 1.54) is 0 Å². The number of rotatable bonds is 6. The highest BCUT2D eigenvalue weighted by atomic mass is 32.2. The lowest BCUT2D eigenvalue weighted by Gasteiger charge is -2.18. The molecule has 1 atom stereocenters. The summed E-state index contributed by atoms with van der Waals surface area (Å²) >= 11 is 0. The first-order chi connectivity index (χ1) is 6.70. The van der Waals surface area contributed by atoms with E-state index in [1.54, 1.807) is 20.8 Å². The quantitative estimate of drug-likeness (QED) is 0.740. The molecule has 0 aliphatic rings. The third-order valence-corrected chi connectivity index (χ3v) is 6.36. The van der Waals surface area contributed by atoms with E-state index in [2.05, 4.69) is 0 Å². The molecule has 4 nitrogen and oxygen atoms in total. The van der Waals surface area contributed by atoms with Crippen molar-refractivity contribution in [3.63, 3.8) is 0 Å². The fourth-order valence-corrected chi connectivity index (χ4v) is 3.78. The van der Waals surface area contributed by atoms with Gasteiger partial charge in [0.05, 0.1) is 10.5 Å². The Morgan fingerprint density at radius 3 is 2.13 bits per heavy atom. The van der Waals surface area contributed by atoms with Crippen molar-refractivity contribution in [2.45, 2.75) is 31.9 Å². The Balaban J connectivity index is 4.12. The van der Waals surface area contributed by atoms with Gasteiger partial charge in [0.15, 0.2) is 9.84 Å². The van der Waals surface area contributed by atoms with Crippen LogP contribution in [0, 0.1) is 0 Å². The highest BCUT2D eigenvalue weighted by Crippen LogP contribution is 2.15. The van der Waals surface area contributed by atoms with Crippen molar-refractivity contribution in [2.24, 2.45) is 5.73 Å². The third kappa shape index (κ3) is 5.63. The summed E-state index contributed by atoms with van der Waals surface area (Å²) in [6.45, 7) is 5.47. The smallest absolute Gasteiger partial charge is 0.156 e. The first-order valence-corrected chi connectivity index (χ1v) is 8.12. The van der Waals surface area contributed by atoms with Crippen molar-refractivity contribution < 1.29 is 12.6 Å². The second-order valence-corrected chi connectivity index (χ2v) is 8.98. The van der Waals surface area contributed by atoms with E-state index in [1.807, 2.05) is 0 Å². The van der Waals surface area contributed by atoms with Gasteiger partial charge in [-0.25, -0.2) is 8.42 Å². The Bertz CT molecular complexity index is 304. The zero-order chi connectivity index (χ0) is 12.1. The van der Waals surface area contributed by atoms with Crippen molar-refractivity contribution in [1.82, 2.24) is 0 Å². The van der Waals surface area contributed by atoms with Crippen LogP contribution in [0.5, 0.6) is 0 Å². The van der Waals surface area contributed by atoms with Crippen LogP contribution in [0.25, 0.3) is 0 Å². The van der Waals surface area contributed by atoms with Gasteiger partial charge in [0.25, 0.3) is 0 Å². The van der Waals surface area contributed by atoms with Crippen LogP contribution < -0.4 is 5.73 Å². The molecule has 0 heterocycles. The summed E-state index contributed by atoms with van der Waals surface area (Å²) in [5.74, 6) is 0.712. The molecule has 0 bridgehead atoms. The maximum atomic E-state index is 11.7. The van der Waals surface area contributed by atoms with E-state index >= 15 is 0 Å². The van der Waals surface area contributed by atoms with E-state index in [-0.39, 0.29) is 11.5 Å². The number of nitrogens with two attached hydrogens (primary N) is 1. The van der Waals surface area contributed by atoms with Crippen molar-refractivity contribution in [1.29, 1.82) is 0 Å². The second-order valence-electron chi connectivity index (χ2n) is 4.42. The summed E-state index contributed by atoms with van der Waals surface area (Å²) in [5.41, 5.74) is 5.28. The van der Waals surface area contributed by atoms with Crippen LogP contribution in [0.3, 0.4) is 0 Å². The predicted octanol–water partition coefficient (Wildman–Crippen LogP) is 0.297. The lowest BCUT2D eigenvalue weighted by Crippen LogP contribution is -2.32. The Kier molecular flexibility index (Phi) is 5.98. The predicted molar refractivity (Wildman–Crippen MR) is 65.1 cm³/mol. The molecule has 0 aromatic carbocycles. The summed E-state index contributed by atoms with van der Waals surface area (Å²) in [7, 11) is -4.20. The lowest BCUT2D eigenvalue weighted by molar-refractivity contribution is 0.561. The van der Waals surface area contributed by atoms with Gasteiger partial charge >= 0.3 is 0 Å². The average Bonchev–Trinajstić information content (AvgIpc) is 2.09. The summed E-state index contributed by atoms with van der Waals surface area (Å²) in [5, 5.41) is 0. The van der Waals surface area contributed by atoms with Crippen molar-refractivity contribution in [3.8, 4) is 0 Å². The molecule has 0 aromatic rings. The molecule has 0 saturated heterocycles. The van der Waals surface area contributed by atoms with Gasteiger partial charge in [0, 0.05) is 22.3 Å². The van der Waals surface area contributed by atoms with E-state index in [9.17, 15) is 12.6 Å². The van der Waals surface area contributed by atoms with Crippen LogP contribution in [0.4, 0.5) is 0 Å². The van der Waals surface area contributed by atoms with Crippen molar-refractivity contribution in [3.05, 3.63) is 0 Å². The standard InChI is InChI=1S/C9H21NO3S2/c1-9(2,3)15(12,13)8-7-14(11)6-4-5-10/h4-8,10H2,1-3H3. The van der Waals surface area contributed by atoms with Gasteiger partial charge < -0.3 is 5.73 Å². The van der Waals surface area contributed by atoms with E-state index in [0.717, 1.165) is 0 Å². The highest BCUT2D eigenvalue weighted by molar-refractivity contribution is 7.94. The van der Waals surface area contributed by atoms with Crippen LogP contribution in [0.15, 0.2) is 0 Å². The van der Waals surface area contributed by atoms with E-state index in [4.69, 9.17) is 5.73 Å². The van der Waals surface area contributed by atoms with E-state index in [0.29, 0.717) is 18.7 Å². The first kappa shape index (κ1) is 15.1. The van der Waals surface area contributed by atoms with Crippen LogP contribution in [-0.2, 0) is 20.6 Å². The molecule has 2 N–H and O–H groups in total. The monoisotopic (exact) mass is 255 g/mol. The maximum absolute atomic E-state index is 11.7. The molecular formula is C9H21NO3S2. The molecule has 0 rings (SSSR count). The van der Waals surface area contributed by atoms with Gasteiger partial charge in [0.2, 0.25) is 0 Å². The lowest BCUT2D eigenvalue weighted by atomic mass is 10.3. The molecule has 92 valence electrons. The maximum Gasteiger partial charge on any atom is 0.156 e. The molecule has 0 amide bonds. The minimum Gasteiger partial charge on any atom is -0.330 e. The molecule has 0 aromatic heterocycles. The minimum atomic E-state index is -3.14. The Hall–Kier alpha value is 0.0600. The van der Waals surface area contributed by atoms with E-state index < -0.39 is 25.4 Å². The number of sulfone groups is 1. The van der Waals surface area contributed by atoms with Crippen molar-refractivity contribution in [2.75, 3.05) is 23.8 Å². The van der Waals surface area contributed by atoms with Crippen molar-refractivity contribution >= 4 is 20.6 Å². The van der Waals surface area contributed by atoms with Crippen LogP contribution in [-0.4, -0.2) is 41.2 Å². The normalized spacial score (nSPS) is 15.2. The van der Waals surface area contributed by atoms with Gasteiger partial charge in [-0.05, 0) is 33.7 Å². The molecule has 0 fully saturated rings. The van der Waals surface area contributed by atoms with Gasteiger partial charge in [0.1, 0.15) is 0 Å². The topological polar surface area (TPSA) is 77.2 Å². The van der Waals surface area contributed by atoms with Gasteiger partial charge in [-0.1, -0.05) is 0 Å². The SMILES string of the molecule is CC(C)(C)S(=O)(=O)CCS(=O)CCCN. The molecule has 0 spiro atoms. The van der Waals surface area contributed by atoms with Crippen LogP contribution in [0.1, 0.15) is 27.2 Å². The molecular weight excluding hydrogens is 234 g/mol. The van der Waals surface area contributed by atoms with Gasteiger partial charge in [-0.2, -0.15) is 0 Å². The molecule has 15 heavy (non-hydrogen) atoms. The molecule has 0 aliphatic carbocycles. The number of hydrogen-bond donors (Lipinski definition) is 1. The third-order valence-electron chi connectivity index (χ3n) is 2.09. The van der Waals surface area contributed by atoms with Crippen LogP contribution in [0.2, 0.25) is 0 Å². The summed E-state index contributed by atoms with van der Waals surface area (Å²) in [6, 6.07) is 0. The molecule has 6 heteroatoms. The van der Waals surface area contributed by atoms with Gasteiger partial charge in [-0.3, -0.25) is 4.21 Å². The van der Waals surface area contributed by atoms with Crippen LogP contribution >= 0.6 is 0 Å². The zero-order valence-electron chi connectivity index (χ0n) is 9.65. The molecule has 0 saturated carbocycles. The fraction of sp³-hybridized carbons (Fsp3) is 1.00. The summed E-state index contributed by atoms with van der Waals surface area (Å²) < 4.78 is 34.0. The largest absolute Gasteiger partial charge is 0.330 e. The molecule has 0 radical (unpaired) electrons. The molecule has 0 aliphatic heterocycles. The Labute approximate surface area is 95.0 Å². The zero-order valence-corrected chi connectivity index (χ0v) is 11.3. The summed E-state index contributed by atoms with van der Waals surface area (Å²) in [6.07, 6.45) is 0.683. The Morgan fingerprint density at radius 1 is 1.20 bits per heavy atom. The minimum absolute atomic E-state index is 0.00627. The summed E-state index contributed by atoms with van der Waals surface area (Å²) in [4.78, 5) is 0. The number of hydrogen-bond acceptors (Lipinski definition) is 4. The fourth-order valence-electron chi connectivity index (χ4n) is 0.855. The molecule has 1 unspecified atom stereocenters. The Morgan fingerprint density at radius 2 is 1.73 bits per heavy atom. The first-order valence-electron chi connectivity index (χ1n) is 4.98. The highest BCUT2D eigenvalue weighted by Gasteiger charge is 2.28. The second kappa shape index (κ2) is 5.96. The van der Waals surface area contributed by atoms with Gasteiger partial charge in [-0.15, -0.1) is 0 Å². The average molecular weight is 255 g/mol.